The van der Waals surface area contributed by atoms with Gasteiger partial charge in [0, 0.05) is 37.3 Å². The summed E-state index contributed by atoms with van der Waals surface area (Å²) in [5.74, 6) is 0.527. The van der Waals surface area contributed by atoms with Gasteiger partial charge in [-0.25, -0.2) is 0 Å². The molecule has 1 atom stereocenters. The summed E-state index contributed by atoms with van der Waals surface area (Å²) in [6, 6.07) is 8.67. The van der Waals surface area contributed by atoms with Gasteiger partial charge in [-0.15, -0.1) is 11.3 Å². The molecule has 1 saturated heterocycles. The molecule has 1 saturated carbocycles. The first kappa shape index (κ1) is 20.4. The number of amides is 2. The molecule has 1 aromatic carbocycles. The lowest BCUT2D eigenvalue weighted by atomic mass is 9.95. The van der Waals surface area contributed by atoms with E-state index in [-0.39, 0.29) is 11.8 Å². The number of hydrogen-bond donors (Lipinski definition) is 1. The predicted octanol–water partition coefficient (Wildman–Crippen LogP) is 3.84. The van der Waals surface area contributed by atoms with Crippen molar-refractivity contribution in [3.05, 3.63) is 34.7 Å². The van der Waals surface area contributed by atoms with Gasteiger partial charge < -0.3 is 10.2 Å². The Morgan fingerprint density at radius 3 is 2.66 bits per heavy atom. The molecule has 29 heavy (non-hydrogen) atoms. The van der Waals surface area contributed by atoms with Gasteiger partial charge in [0.2, 0.25) is 5.91 Å². The molecule has 0 unspecified atom stereocenters. The second kappa shape index (κ2) is 8.84. The van der Waals surface area contributed by atoms with Crippen molar-refractivity contribution in [2.45, 2.75) is 50.5 Å². The van der Waals surface area contributed by atoms with Crippen molar-refractivity contribution in [2.75, 3.05) is 33.7 Å². The average Bonchev–Trinajstić information content (AvgIpc) is 3.31. The van der Waals surface area contributed by atoms with Crippen molar-refractivity contribution in [3.63, 3.8) is 0 Å². The van der Waals surface area contributed by atoms with Crippen molar-refractivity contribution in [1.29, 1.82) is 0 Å². The predicted molar refractivity (Wildman–Crippen MR) is 119 cm³/mol. The summed E-state index contributed by atoms with van der Waals surface area (Å²) >= 11 is 1.60. The standard InChI is InChI=1S/C23H31N3O2S/c1-25(2)23(28)22-21(18-10-6-7-11-19(18)29-22)16-12-13-26(14-16)15-20(27)24-17-8-4-3-5-9-17/h6-7,10-11,16-17H,3-5,8-9,12-15H2,1-2H3,(H,24,27)/t16-/m1/s1. The van der Waals surface area contributed by atoms with Crippen LogP contribution in [0.2, 0.25) is 0 Å². The smallest absolute Gasteiger partial charge is 0.263 e. The molecule has 0 radical (unpaired) electrons. The van der Waals surface area contributed by atoms with E-state index in [2.05, 4.69) is 22.3 Å². The van der Waals surface area contributed by atoms with Gasteiger partial charge >= 0.3 is 0 Å². The Bertz CT molecular complexity index is 885. The fraction of sp³-hybridized carbons (Fsp3) is 0.565. The SMILES string of the molecule is CN(C)C(=O)c1sc2ccccc2c1[C@@H]1CCN(CC(=O)NC2CCCCC2)C1. The van der Waals surface area contributed by atoms with Crippen LogP contribution >= 0.6 is 11.3 Å². The van der Waals surface area contributed by atoms with Gasteiger partial charge in [0.1, 0.15) is 0 Å². The van der Waals surface area contributed by atoms with Crippen LogP contribution in [0.1, 0.15) is 59.7 Å². The van der Waals surface area contributed by atoms with E-state index in [9.17, 15) is 9.59 Å². The molecule has 1 aliphatic heterocycles. The molecular formula is C23H31N3O2S. The number of rotatable bonds is 5. The van der Waals surface area contributed by atoms with Gasteiger partial charge in [-0.3, -0.25) is 14.5 Å². The largest absolute Gasteiger partial charge is 0.352 e. The Kier molecular flexibility index (Phi) is 6.20. The molecule has 2 amide bonds. The van der Waals surface area contributed by atoms with Gasteiger partial charge in [-0.1, -0.05) is 37.5 Å². The fourth-order valence-electron chi connectivity index (χ4n) is 4.77. The zero-order valence-electron chi connectivity index (χ0n) is 17.4. The van der Waals surface area contributed by atoms with Gasteiger partial charge in [-0.05, 0) is 42.8 Å². The summed E-state index contributed by atoms with van der Waals surface area (Å²) < 4.78 is 1.17. The summed E-state index contributed by atoms with van der Waals surface area (Å²) in [4.78, 5) is 30.1. The normalized spacial score (nSPS) is 20.8. The minimum atomic E-state index is 0.0784. The maximum Gasteiger partial charge on any atom is 0.263 e. The summed E-state index contributed by atoms with van der Waals surface area (Å²) in [6.07, 6.45) is 6.97. The van der Waals surface area contributed by atoms with Crippen LogP contribution in [0.25, 0.3) is 10.1 Å². The van der Waals surface area contributed by atoms with Crippen LogP contribution in [-0.2, 0) is 4.79 Å². The molecule has 2 aliphatic rings. The van der Waals surface area contributed by atoms with Crippen molar-refractivity contribution in [2.24, 2.45) is 0 Å². The lowest BCUT2D eigenvalue weighted by Gasteiger charge is -2.24. The molecule has 2 aromatic rings. The number of fused-ring (bicyclic) bond motifs is 1. The van der Waals surface area contributed by atoms with Crippen molar-refractivity contribution >= 4 is 33.2 Å². The number of nitrogens with zero attached hydrogens (tertiary/aromatic N) is 2. The van der Waals surface area contributed by atoms with Gasteiger partial charge in [-0.2, -0.15) is 0 Å². The summed E-state index contributed by atoms with van der Waals surface area (Å²) in [5.41, 5.74) is 1.18. The highest BCUT2D eigenvalue weighted by Crippen LogP contribution is 2.40. The molecule has 1 aliphatic carbocycles. The molecule has 0 spiro atoms. The third-order valence-corrected chi connectivity index (χ3v) is 7.43. The van der Waals surface area contributed by atoms with Crippen molar-refractivity contribution in [3.8, 4) is 0 Å². The number of nitrogens with one attached hydrogen (secondary N) is 1. The molecule has 1 N–H and O–H groups in total. The molecular weight excluding hydrogens is 382 g/mol. The summed E-state index contributed by atoms with van der Waals surface area (Å²) in [6.45, 7) is 2.21. The highest BCUT2D eigenvalue weighted by molar-refractivity contribution is 7.21. The molecule has 156 valence electrons. The summed E-state index contributed by atoms with van der Waals surface area (Å²) in [5, 5.41) is 4.43. The Morgan fingerprint density at radius 1 is 1.14 bits per heavy atom. The zero-order valence-corrected chi connectivity index (χ0v) is 18.3. The van der Waals surface area contributed by atoms with E-state index in [0.29, 0.717) is 18.5 Å². The number of benzene rings is 1. The number of hydrogen-bond acceptors (Lipinski definition) is 4. The number of likely N-dealkylation sites (tertiary alicyclic amines) is 1. The van der Waals surface area contributed by atoms with E-state index in [0.717, 1.165) is 37.2 Å². The first-order chi connectivity index (χ1) is 14.0. The van der Waals surface area contributed by atoms with Gasteiger partial charge in [0.15, 0.2) is 0 Å². The average molecular weight is 414 g/mol. The topological polar surface area (TPSA) is 52.7 Å². The van der Waals surface area contributed by atoms with E-state index < -0.39 is 0 Å². The molecule has 5 nitrogen and oxygen atoms in total. The van der Waals surface area contributed by atoms with E-state index in [4.69, 9.17) is 0 Å². The van der Waals surface area contributed by atoms with E-state index in [1.807, 2.05) is 26.2 Å². The second-order valence-corrected chi connectivity index (χ2v) is 9.72. The zero-order chi connectivity index (χ0) is 20.4. The minimum absolute atomic E-state index is 0.0784. The van der Waals surface area contributed by atoms with Crippen molar-refractivity contribution < 1.29 is 9.59 Å². The Hall–Kier alpha value is -1.92. The van der Waals surface area contributed by atoms with Crippen LogP contribution in [0.15, 0.2) is 24.3 Å². The third kappa shape index (κ3) is 4.48. The quantitative estimate of drug-likeness (QED) is 0.810. The Morgan fingerprint density at radius 2 is 1.90 bits per heavy atom. The maximum absolute atomic E-state index is 12.8. The summed E-state index contributed by atoms with van der Waals surface area (Å²) in [7, 11) is 3.63. The fourth-order valence-corrected chi connectivity index (χ4v) is 6.08. The Labute approximate surface area is 177 Å². The molecule has 6 heteroatoms. The Balaban J connectivity index is 1.47. The van der Waals surface area contributed by atoms with Crippen LogP contribution in [0, 0.1) is 0 Å². The van der Waals surface area contributed by atoms with E-state index in [1.54, 1.807) is 16.2 Å². The number of carbonyl (C=O) groups excluding carboxylic acids is 2. The van der Waals surface area contributed by atoms with E-state index in [1.165, 1.54) is 34.9 Å². The highest BCUT2D eigenvalue weighted by atomic mass is 32.1. The van der Waals surface area contributed by atoms with Crippen molar-refractivity contribution in [1.82, 2.24) is 15.1 Å². The van der Waals surface area contributed by atoms with Crippen LogP contribution < -0.4 is 5.32 Å². The lowest BCUT2D eigenvalue weighted by molar-refractivity contribution is -0.122. The second-order valence-electron chi connectivity index (χ2n) is 8.66. The van der Waals surface area contributed by atoms with Crippen LogP contribution in [0.4, 0.5) is 0 Å². The van der Waals surface area contributed by atoms with Gasteiger partial charge in [0.05, 0.1) is 11.4 Å². The van der Waals surface area contributed by atoms with Crippen LogP contribution in [0.5, 0.6) is 0 Å². The minimum Gasteiger partial charge on any atom is -0.352 e. The molecule has 2 fully saturated rings. The van der Waals surface area contributed by atoms with Crippen LogP contribution in [-0.4, -0.2) is 61.4 Å². The molecule has 4 rings (SSSR count). The van der Waals surface area contributed by atoms with Gasteiger partial charge in [0.25, 0.3) is 5.91 Å². The molecule has 2 heterocycles. The lowest BCUT2D eigenvalue weighted by Crippen LogP contribution is -2.42. The first-order valence-electron chi connectivity index (χ1n) is 10.8. The molecule has 1 aromatic heterocycles. The highest BCUT2D eigenvalue weighted by Gasteiger charge is 2.32. The monoisotopic (exact) mass is 413 g/mol. The maximum atomic E-state index is 12.8. The number of carbonyl (C=O) groups is 2. The van der Waals surface area contributed by atoms with Crippen LogP contribution in [0.3, 0.4) is 0 Å². The number of thiophene rings is 1. The third-order valence-electron chi connectivity index (χ3n) is 6.25. The molecule has 0 bridgehead atoms. The van der Waals surface area contributed by atoms with E-state index >= 15 is 0 Å². The first-order valence-corrected chi connectivity index (χ1v) is 11.6.